The van der Waals surface area contributed by atoms with E-state index in [0.717, 1.165) is 36.8 Å². The molecule has 1 aromatic rings. The summed E-state index contributed by atoms with van der Waals surface area (Å²) in [6.45, 7) is 8.56. The van der Waals surface area contributed by atoms with Gasteiger partial charge in [0.15, 0.2) is 5.96 Å². The Balaban J connectivity index is 2.45. The first-order valence-electron chi connectivity index (χ1n) is 9.52. The molecule has 0 aliphatic rings. The summed E-state index contributed by atoms with van der Waals surface area (Å²) in [6, 6.07) is 3.62. The second kappa shape index (κ2) is 12.3. The Morgan fingerprint density at radius 2 is 1.77 bits per heavy atom. The molecule has 0 saturated carbocycles. The van der Waals surface area contributed by atoms with E-state index in [1.165, 1.54) is 34.9 Å². The predicted octanol–water partition coefficient (Wildman–Crippen LogP) is 3.07. The summed E-state index contributed by atoms with van der Waals surface area (Å²) in [7, 11) is -1.59. The molecule has 8 heteroatoms. The average Bonchev–Trinajstić information content (AvgIpc) is 3.10. The molecular formula is C18H34N4O2S2. The van der Waals surface area contributed by atoms with Gasteiger partial charge in [0.05, 0.1) is 0 Å². The minimum atomic E-state index is -3.35. The van der Waals surface area contributed by atoms with E-state index >= 15 is 0 Å². The van der Waals surface area contributed by atoms with Crippen molar-refractivity contribution < 1.29 is 8.42 Å². The molecule has 26 heavy (non-hydrogen) atoms. The zero-order valence-electron chi connectivity index (χ0n) is 16.5. The third-order valence-electron chi connectivity index (χ3n) is 4.15. The van der Waals surface area contributed by atoms with E-state index in [-0.39, 0.29) is 0 Å². The molecule has 150 valence electrons. The van der Waals surface area contributed by atoms with Crippen LogP contribution in [0.2, 0.25) is 0 Å². The van der Waals surface area contributed by atoms with Gasteiger partial charge in [-0.25, -0.2) is 8.42 Å². The van der Waals surface area contributed by atoms with E-state index in [4.69, 9.17) is 0 Å². The Kier molecular flexibility index (Phi) is 10.8. The molecule has 0 aromatic carbocycles. The standard InChI is InChI=1S/C18H34N4O2S2/c1-5-8-9-10-14-20-18(19-4)21-15-13-16-11-12-17(25-16)26(23,24)22(6-2)7-3/h11-12H,5-10,13-15H2,1-4H3,(H2,19,20,21). The highest BCUT2D eigenvalue weighted by atomic mass is 32.2. The van der Waals surface area contributed by atoms with E-state index in [9.17, 15) is 8.42 Å². The number of hydrogen-bond acceptors (Lipinski definition) is 4. The Labute approximate surface area is 163 Å². The fourth-order valence-corrected chi connectivity index (χ4v) is 5.57. The first-order valence-corrected chi connectivity index (χ1v) is 11.8. The monoisotopic (exact) mass is 402 g/mol. The van der Waals surface area contributed by atoms with Crippen molar-refractivity contribution in [2.45, 2.75) is 57.1 Å². The largest absolute Gasteiger partial charge is 0.356 e. The van der Waals surface area contributed by atoms with Crippen molar-refractivity contribution in [3.05, 3.63) is 17.0 Å². The van der Waals surface area contributed by atoms with E-state index in [0.29, 0.717) is 17.3 Å². The van der Waals surface area contributed by atoms with Gasteiger partial charge in [0, 0.05) is 38.1 Å². The van der Waals surface area contributed by atoms with Crippen molar-refractivity contribution in [1.29, 1.82) is 0 Å². The van der Waals surface area contributed by atoms with Gasteiger partial charge in [-0.2, -0.15) is 4.31 Å². The molecule has 0 spiro atoms. The maximum Gasteiger partial charge on any atom is 0.252 e. The first-order chi connectivity index (χ1) is 12.5. The van der Waals surface area contributed by atoms with Gasteiger partial charge in [-0.15, -0.1) is 11.3 Å². The number of thiophene rings is 1. The third kappa shape index (κ3) is 7.25. The normalized spacial score (nSPS) is 12.6. The fraction of sp³-hybridized carbons (Fsp3) is 0.722. The molecule has 0 fully saturated rings. The molecule has 0 bridgehead atoms. The topological polar surface area (TPSA) is 73.8 Å². The van der Waals surface area contributed by atoms with Crippen LogP contribution >= 0.6 is 11.3 Å². The maximum atomic E-state index is 12.5. The first kappa shape index (κ1) is 22.9. The van der Waals surface area contributed by atoms with Crippen LogP contribution in [0, 0.1) is 0 Å². The van der Waals surface area contributed by atoms with Gasteiger partial charge in [0.1, 0.15) is 4.21 Å². The van der Waals surface area contributed by atoms with Crippen LogP contribution in [0.15, 0.2) is 21.3 Å². The summed E-state index contributed by atoms with van der Waals surface area (Å²) in [5.41, 5.74) is 0. The van der Waals surface area contributed by atoms with Crippen LogP contribution in [-0.2, 0) is 16.4 Å². The van der Waals surface area contributed by atoms with Crippen LogP contribution in [0.25, 0.3) is 0 Å². The van der Waals surface area contributed by atoms with Crippen molar-refractivity contribution in [3.8, 4) is 0 Å². The lowest BCUT2D eigenvalue weighted by Gasteiger charge is -2.16. The second-order valence-corrected chi connectivity index (χ2v) is 9.38. The Bertz CT molecular complexity index is 637. The molecule has 1 rings (SSSR count). The van der Waals surface area contributed by atoms with Crippen LogP contribution in [-0.4, -0.2) is 51.9 Å². The van der Waals surface area contributed by atoms with E-state index < -0.39 is 10.0 Å². The molecule has 1 aromatic heterocycles. The zero-order valence-corrected chi connectivity index (χ0v) is 18.2. The summed E-state index contributed by atoms with van der Waals surface area (Å²) >= 11 is 1.36. The Morgan fingerprint density at radius 3 is 2.38 bits per heavy atom. The van der Waals surface area contributed by atoms with Crippen LogP contribution in [0.5, 0.6) is 0 Å². The number of aliphatic imine (C=N–C) groups is 1. The molecular weight excluding hydrogens is 368 g/mol. The molecule has 0 saturated heterocycles. The van der Waals surface area contributed by atoms with Gasteiger partial charge in [-0.1, -0.05) is 40.0 Å². The molecule has 0 radical (unpaired) electrons. The molecule has 0 atom stereocenters. The highest BCUT2D eigenvalue weighted by Crippen LogP contribution is 2.25. The van der Waals surface area contributed by atoms with Crippen LogP contribution in [0.1, 0.15) is 51.3 Å². The average molecular weight is 403 g/mol. The molecule has 0 amide bonds. The van der Waals surface area contributed by atoms with E-state index in [2.05, 4.69) is 22.5 Å². The van der Waals surface area contributed by atoms with Gasteiger partial charge >= 0.3 is 0 Å². The Morgan fingerprint density at radius 1 is 1.08 bits per heavy atom. The van der Waals surface area contributed by atoms with Crippen LogP contribution in [0.3, 0.4) is 0 Å². The minimum Gasteiger partial charge on any atom is -0.356 e. The van der Waals surface area contributed by atoms with Gasteiger partial charge in [-0.3, -0.25) is 4.99 Å². The summed E-state index contributed by atoms with van der Waals surface area (Å²) < 4.78 is 27.0. The summed E-state index contributed by atoms with van der Waals surface area (Å²) in [5, 5.41) is 6.60. The third-order valence-corrected chi connectivity index (χ3v) is 7.81. The highest BCUT2D eigenvalue weighted by Gasteiger charge is 2.23. The van der Waals surface area contributed by atoms with Gasteiger partial charge in [0.25, 0.3) is 10.0 Å². The van der Waals surface area contributed by atoms with E-state index in [1.54, 1.807) is 13.1 Å². The van der Waals surface area contributed by atoms with Crippen molar-refractivity contribution in [3.63, 3.8) is 0 Å². The minimum absolute atomic E-state index is 0.426. The Hall–Kier alpha value is -1.12. The fourth-order valence-electron chi connectivity index (χ4n) is 2.61. The quantitative estimate of drug-likeness (QED) is 0.320. The number of nitrogens with zero attached hydrogens (tertiary/aromatic N) is 2. The predicted molar refractivity (Wildman–Crippen MR) is 112 cm³/mol. The zero-order chi connectivity index (χ0) is 19.4. The lowest BCUT2D eigenvalue weighted by molar-refractivity contribution is 0.447. The SMILES string of the molecule is CCCCCCNC(=NC)NCCc1ccc(S(=O)(=O)N(CC)CC)s1. The summed E-state index contributed by atoms with van der Waals surface area (Å²) in [4.78, 5) is 5.28. The molecule has 0 aliphatic carbocycles. The molecule has 1 heterocycles. The van der Waals surface area contributed by atoms with Crippen molar-refractivity contribution in [1.82, 2.24) is 14.9 Å². The van der Waals surface area contributed by atoms with Crippen LogP contribution in [0.4, 0.5) is 0 Å². The van der Waals surface area contributed by atoms with Crippen molar-refractivity contribution in [2.24, 2.45) is 4.99 Å². The number of unbranched alkanes of at least 4 members (excludes halogenated alkanes) is 3. The van der Waals surface area contributed by atoms with E-state index in [1.807, 2.05) is 19.9 Å². The number of guanidine groups is 1. The molecule has 0 aliphatic heterocycles. The number of rotatable bonds is 12. The van der Waals surface area contributed by atoms with Gasteiger partial charge in [-0.05, 0) is 25.0 Å². The summed E-state index contributed by atoms with van der Waals surface area (Å²) in [6.07, 6.45) is 5.66. The summed E-state index contributed by atoms with van der Waals surface area (Å²) in [5.74, 6) is 0.800. The van der Waals surface area contributed by atoms with Gasteiger partial charge < -0.3 is 10.6 Å². The number of sulfonamides is 1. The second-order valence-electron chi connectivity index (χ2n) is 6.05. The molecule has 2 N–H and O–H groups in total. The lowest BCUT2D eigenvalue weighted by Crippen LogP contribution is -2.38. The smallest absolute Gasteiger partial charge is 0.252 e. The van der Waals surface area contributed by atoms with Crippen LogP contribution < -0.4 is 10.6 Å². The molecule has 6 nitrogen and oxygen atoms in total. The van der Waals surface area contributed by atoms with Crippen molar-refractivity contribution in [2.75, 3.05) is 33.2 Å². The van der Waals surface area contributed by atoms with Gasteiger partial charge in [0.2, 0.25) is 0 Å². The lowest BCUT2D eigenvalue weighted by atomic mass is 10.2. The molecule has 0 unspecified atom stereocenters. The number of nitrogens with one attached hydrogen (secondary N) is 2. The number of hydrogen-bond donors (Lipinski definition) is 2. The van der Waals surface area contributed by atoms with Crippen molar-refractivity contribution >= 4 is 27.3 Å². The highest BCUT2D eigenvalue weighted by molar-refractivity contribution is 7.91. The maximum absolute atomic E-state index is 12.5.